The maximum absolute atomic E-state index is 4.41. The van der Waals surface area contributed by atoms with E-state index in [4.69, 9.17) is 0 Å². The van der Waals surface area contributed by atoms with Crippen LogP contribution in [0.5, 0.6) is 0 Å². The molecule has 0 spiro atoms. The molecule has 12 heavy (non-hydrogen) atoms. The highest BCUT2D eigenvalue weighted by Crippen LogP contribution is 2.25. The second-order valence-corrected chi connectivity index (χ2v) is 3.72. The molecule has 0 atom stereocenters. The number of thiophene rings is 1. The van der Waals surface area contributed by atoms with Crippen molar-refractivity contribution in [1.29, 1.82) is 0 Å². The van der Waals surface area contributed by atoms with Gasteiger partial charge in [0.2, 0.25) is 0 Å². The van der Waals surface area contributed by atoms with Crippen LogP contribution in [-0.2, 0) is 0 Å². The number of nitrogens with zero attached hydrogens (tertiary/aromatic N) is 1. The molecule has 2 heterocycles. The summed E-state index contributed by atoms with van der Waals surface area (Å²) < 4.78 is 0. The van der Waals surface area contributed by atoms with Gasteiger partial charge in [-0.05, 0) is 25.3 Å². The Morgan fingerprint density at radius 3 is 2.75 bits per heavy atom. The first-order valence-corrected chi connectivity index (χ1v) is 4.72. The molecule has 0 amide bonds. The van der Waals surface area contributed by atoms with E-state index in [9.17, 15) is 0 Å². The predicted octanol–water partition coefficient (Wildman–Crippen LogP) is 2.76. The summed E-state index contributed by atoms with van der Waals surface area (Å²) in [6.07, 6.45) is 0. The minimum atomic E-state index is 0.982. The molecule has 0 aliphatic heterocycles. The largest absolute Gasteiger partial charge is 0.346 e. The molecule has 0 saturated carbocycles. The molecule has 2 aromatic heterocycles. The predicted molar refractivity (Wildman–Crippen MR) is 51.4 cm³/mol. The lowest BCUT2D eigenvalue weighted by molar-refractivity contribution is 1.13. The summed E-state index contributed by atoms with van der Waals surface area (Å²) in [6, 6.07) is 4.14. The molecule has 0 saturated heterocycles. The Hall–Kier alpha value is -1.09. The van der Waals surface area contributed by atoms with Crippen molar-refractivity contribution in [1.82, 2.24) is 9.97 Å². The summed E-state index contributed by atoms with van der Waals surface area (Å²) in [6.45, 7) is 4.03. The van der Waals surface area contributed by atoms with Gasteiger partial charge in [0.1, 0.15) is 11.5 Å². The van der Waals surface area contributed by atoms with Gasteiger partial charge in [-0.2, -0.15) is 0 Å². The second kappa shape index (κ2) is 2.75. The van der Waals surface area contributed by atoms with Gasteiger partial charge in [-0.1, -0.05) is 6.07 Å². The molecule has 0 unspecified atom stereocenters. The van der Waals surface area contributed by atoms with Crippen LogP contribution in [0.15, 0.2) is 17.5 Å². The number of rotatable bonds is 1. The summed E-state index contributed by atoms with van der Waals surface area (Å²) in [4.78, 5) is 8.83. The van der Waals surface area contributed by atoms with Crippen LogP contribution in [0.2, 0.25) is 0 Å². The highest BCUT2D eigenvalue weighted by molar-refractivity contribution is 7.13. The van der Waals surface area contributed by atoms with Gasteiger partial charge in [0.15, 0.2) is 0 Å². The van der Waals surface area contributed by atoms with Gasteiger partial charge >= 0.3 is 0 Å². The van der Waals surface area contributed by atoms with E-state index in [2.05, 4.69) is 28.3 Å². The number of aryl methyl sites for hydroxylation is 2. The first kappa shape index (κ1) is 7.55. The van der Waals surface area contributed by atoms with Gasteiger partial charge in [-0.3, -0.25) is 0 Å². The zero-order valence-electron chi connectivity index (χ0n) is 7.09. The highest BCUT2D eigenvalue weighted by Gasteiger charge is 2.06. The van der Waals surface area contributed by atoms with Crippen LogP contribution in [-0.4, -0.2) is 9.97 Å². The average molecular weight is 178 g/mol. The fourth-order valence-corrected chi connectivity index (χ4v) is 2.03. The Bertz CT molecular complexity index is 373. The molecule has 3 heteroatoms. The quantitative estimate of drug-likeness (QED) is 0.714. The standard InChI is InChI=1S/C9H10N2S/c1-6-9(11-7(2)10-6)8-4-3-5-12-8/h3-5H,1-2H3,(H,10,11). The van der Waals surface area contributed by atoms with Gasteiger partial charge in [0.25, 0.3) is 0 Å². The van der Waals surface area contributed by atoms with E-state index in [0.29, 0.717) is 0 Å². The molecule has 2 nitrogen and oxygen atoms in total. The first-order chi connectivity index (χ1) is 5.77. The Morgan fingerprint density at radius 1 is 1.42 bits per heavy atom. The van der Waals surface area contributed by atoms with Crippen LogP contribution in [0.4, 0.5) is 0 Å². The summed E-state index contributed by atoms with van der Waals surface area (Å²) in [5.74, 6) is 0.982. The Labute approximate surface area is 75.3 Å². The molecule has 2 rings (SSSR count). The lowest BCUT2D eigenvalue weighted by atomic mass is 10.3. The minimum absolute atomic E-state index is 0.982. The maximum atomic E-state index is 4.41. The van der Waals surface area contributed by atoms with Crippen LogP contribution in [0.25, 0.3) is 10.6 Å². The van der Waals surface area contributed by atoms with E-state index in [1.165, 1.54) is 4.88 Å². The van der Waals surface area contributed by atoms with Crippen molar-refractivity contribution in [2.45, 2.75) is 13.8 Å². The molecule has 0 aliphatic rings. The number of nitrogens with one attached hydrogen (secondary N) is 1. The topological polar surface area (TPSA) is 28.7 Å². The normalized spacial score (nSPS) is 10.5. The molecular formula is C9H10N2S. The SMILES string of the molecule is Cc1nc(-c2cccs2)c(C)[nH]1. The van der Waals surface area contributed by atoms with Gasteiger partial charge in [0.05, 0.1) is 4.88 Å². The van der Waals surface area contributed by atoms with Crippen LogP contribution < -0.4 is 0 Å². The molecule has 62 valence electrons. The fourth-order valence-electron chi connectivity index (χ4n) is 1.26. The van der Waals surface area contributed by atoms with Crippen LogP contribution in [0, 0.1) is 13.8 Å². The van der Waals surface area contributed by atoms with Gasteiger partial charge in [-0.25, -0.2) is 4.98 Å². The highest BCUT2D eigenvalue weighted by atomic mass is 32.1. The van der Waals surface area contributed by atoms with Crippen molar-refractivity contribution in [2.24, 2.45) is 0 Å². The van der Waals surface area contributed by atoms with E-state index in [0.717, 1.165) is 17.2 Å². The van der Waals surface area contributed by atoms with Gasteiger partial charge in [0, 0.05) is 5.69 Å². The zero-order valence-corrected chi connectivity index (χ0v) is 7.90. The molecule has 0 radical (unpaired) electrons. The summed E-state index contributed by atoms with van der Waals surface area (Å²) >= 11 is 1.72. The first-order valence-electron chi connectivity index (χ1n) is 3.84. The molecule has 0 aromatic carbocycles. The third-order valence-corrected chi connectivity index (χ3v) is 2.63. The van der Waals surface area contributed by atoms with E-state index in [1.54, 1.807) is 11.3 Å². The van der Waals surface area contributed by atoms with Crippen LogP contribution in [0.3, 0.4) is 0 Å². The van der Waals surface area contributed by atoms with Crippen molar-refractivity contribution in [3.05, 3.63) is 29.0 Å². The van der Waals surface area contributed by atoms with Gasteiger partial charge in [-0.15, -0.1) is 11.3 Å². The lowest BCUT2D eigenvalue weighted by Crippen LogP contribution is -1.74. The number of hydrogen-bond donors (Lipinski definition) is 1. The molecular weight excluding hydrogens is 168 g/mol. The number of hydrogen-bond acceptors (Lipinski definition) is 2. The lowest BCUT2D eigenvalue weighted by Gasteiger charge is -1.90. The van der Waals surface area contributed by atoms with Crippen molar-refractivity contribution in [3.63, 3.8) is 0 Å². The molecule has 2 aromatic rings. The number of aromatic amines is 1. The third kappa shape index (κ3) is 1.16. The average Bonchev–Trinajstić information content (AvgIpc) is 2.58. The third-order valence-electron chi connectivity index (χ3n) is 1.76. The van der Waals surface area contributed by atoms with Gasteiger partial charge < -0.3 is 4.98 Å². The fraction of sp³-hybridized carbons (Fsp3) is 0.222. The van der Waals surface area contributed by atoms with E-state index in [-0.39, 0.29) is 0 Å². The molecule has 0 bridgehead atoms. The number of imidazole rings is 1. The summed E-state index contributed by atoms with van der Waals surface area (Å²) in [5, 5.41) is 2.07. The minimum Gasteiger partial charge on any atom is -0.346 e. The Kier molecular flexibility index (Phi) is 1.73. The van der Waals surface area contributed by atoms with Crippen molar-refractivity contribution in [3.8, 4) is 10.6 Å². The number of aromatic nitrogens is 2. The van der Waals surface area contributed by atoms with Crippen molar-refractivity contribution < 1.29 is 0 Å². The monoisotopic (exact) mass is 178 g/mol. The molecule has 0 fully saturated rings. The van der Waals surface area contributed by atoms with Crippen LogP contribution >= 0.6 is 11.3 Å². The Balaban J connectivity index is 2.54. The smallest absolute Gasteiger partial charge is 0.103 e. The summed E-state index contributed by atoms with van der Waals surface area (Å²) in [7, 11) is 0. The summed E-state index contributed by atoms with van der Waals surface area (Å²) in [5.41, 5.74) is 2.23. The van der Waals surface area contributed by atoms with E-state index in [1.807, 2.05) is 13.0 Å². The maximum Gasteiger partial charge on any atom is 0.103 e. The molecule has 0 aliphatic carbocycles. The van der Waals surface area contributed by atoms with Crippen molar-refractivity contribution in [2.75, 3.05) is 0 Å². The van der Waals surface area contributed by atoms with Crippen molar-refractivity contribution >= 4 is 11.3 Å². The second-order valence-electron chi connectivity index (χ2n) is 2.77. The van der Waals surface area contributed by atoms with E-state index < -0.39 is 0 Å². The number of H-pyrrole nitrogens is 1. The van der Waals surface area contributed by atoms with E-state index >= 15 is 0 Å². The Morgan fingerprint density at radius 2 is 2.25 bits per heavy atom. The zero-order chi connectivity index (χ0) is 8.55. The van der Waals surface area contributed by atoms with Crippen LogP contribution in [0.1, 0.15) is 11.5 Å². The molecule has 1 N–H and O–H groups in total.